The average Bonchev–Trinajstić information content (AvgIpc) is 3.20. The Bertz CT molecular complexity index is 1470. The fraction of sp³-hybridized carbons (Fsp3) is 0.0800. The van der Waals surface area contributed by atoms with Crippen molar-refractivity contribution in [2.45, 2.75) is 10.3 Å². The summed E-state index contributed by atoms with van der Waals surface area (Å²) in [6.45, 7) is 0. The second kappa shape index (κ2) is 8.53. The van der Waals surface area contributed by atoms with Crippen LogP contribution in [0.25, 0.3) is 10.8 Å². The molecule has 8 heteroatoms. The third-order valence-corrected chi connectivity index (χ3v) is 8.03. The normalized spacial score (nSPS) is 16.3. The molecule has 1 amide bonds. The lowest BCUT2D eigenvalue weighted by Gasteiger charge is -2.25. The van der Waals surface area contributed by atoms with E-state index >= 15 is 0 Å². The van der Waals surface area contributed by atoms with Crippen molar-refractivity contribution in [1.29, 1.82) is 0 Å². The van der Waals surface area contributed by atoms with Crippen LogP contribution in [0.3, 0.4) is 0 Å². The van der Waals surface area contributed by atoms with Crippen molar-refractivity contribution in [2.24, 2.45) is 0 Å². The Kier molecular flexibility index (Phi) is 5.55. The van der Waals surface area contributed by atoms with E-state index in [4.69, 9.17) is 0 Å². The first-order valence-electron chi connectivity index (χ1n) is 10.2. The van der Waals surface area contributed by atoms with Gasteiger partial charge in [0.1, 0.15) is 11.2 Å². The smallest absolute Gasteiger partial charge is 0.261 e. The van der Waals surface area contributed by atoms with Crippen LogP contribution in [0.4, 0.5) is 15.8 Å². The molecule has 0 spiro atoms. The molecular weight excluding hydrogens is 459 g/mol. The Hall–Kier alpha value is -3.36. The largest absolute Gasteiger partial charge is 0.292 e. The lowest BCUT2D eigenvalue weighted by atomic mass is 10.1. The number of rotatable bonds is 5. The molecule has 5 rings (SSSR count). The summed E-state index contributed by atoms with van der Waals surface area (Å²) in [5.41, 5.74) is 1.28. The summed E-state index contributed by atoms with van der Waals surface area (Å²) in [5, 5.41) is 1.32. The number of carbonyl (C=O) groups is 1. The van der Waals surface area contributed by atoms with Gasteiger partial charge in [0.2, 0.25) is 5.91 Å². The molecule has 4 aromatic rings. The summed E-state index contributed by atoms with van der Waals surface area (Å²) in [6, 6.07) is 25.5. The van der Waals surface area contributed by atoms with Crippen molar-refractivity contribution in [3.63, 3.8) is 0 Å². The highest BCUT2D eigenvalue weighted by Gasteiger charge is 2.35. The van der Waals surface area contributed by atoms with E-state index in [2.05, 4.69) is 4.72 Å². The van der Waals surface area contributed by atoms with Gasteiger partial charge in [-0.05, 0) is 52.7 Å². The molecule has 1 aliphatic heterocycles. The van der Waals surface area contributed by atoms with Crippen LogP contribution in [0.5, 0.6) is 0 Å². The van der Waals surface area contributed by atoms with E-state index in [0.29, 0.717) is 11.3 Å². The number of amides is 1. The molecule has 0 saturated carbocycles. The number of benzene rings is 4. The van der Waals surface area contributed by atoms with Crippen LogP contribution in [-0.2, 0) is 14.8 Å². The first-order valence-corrected chi connectivity index (χ1v) is 12.8. The molecule has 0 radical (unpaired) electrons. The maximum atomic E-state index is 14.4. The van der Waals surface area contributed by atoms with Crippen molar-refractivity contribution in [2.75, 3.05) is 15.4 Å². The van der Waals surface area contributed by atoms with Gasteiger partial charge in [0, 0.05) is 5.69 Å². The standard InChI is InChI=1S/C25H19FN2O3S2/c26-22-10-3-4-11-23(22)28-24(29)16-32-25(28)19-8-5-9-20(14-19)27-33(30,31)21-13-12-17-6-1-2-7-18(17)15-21/h1-15,25,27H,16H2/t25-/m0/s1. The van der Waals surface area contributed by atoms with Gasteiger partial charge in [-0.3, -0.25) is 14.4 Å². The highest BCUT2D eigenvalue weighted by atomic mass is 32.2. The molecule has 0 aromatic heterocycles. The number of thioether (sulfide) groups is 1. The maximum absolute atomic E-state index is 14.4. The fourth-order valence-corrected chi connectivity index (χ4v) is 6.13. The lowest BCUT2D eigenvalue weighted by Crippen LogP contribution is -2.28. The molecule has 4 aromatic carbocycles. The van der Waals surface area contributed by atoms with Crippen LogP contribution in [0, 0.1) is 5.82 Å². The summed E-state index contributed by atoms with van der Waals surface area (Å²) in [5.74, 6) is -0.463. The van der Waals surface area contributed by atoms with Gasteiger partial charge in [-0.15, -0.1) is 11.8 Å². The molecule has 0 aliphatic carbocycles. The van der Waals surface area contributed by atoms with Crippen molar-refractivity contribution in [3.8, 4) is 0 Å². The van der Waals surface area contributed by atoms with E-state index in [1.807, 2.05) is 24.3 Å². The maximum Gasteiger partial charge on any atom is 0.261 e. The van der Waals surface area contributed by atoms with Crippen LogP contribution in [0.2, 0.25) is 0 Å². The number of sulfonamides is 1. The minimum absolute atomic E-state index is 0.157. The molecule has 166 valence electrons. The van der Waals surface area contributed by atoms with E-state index in [1.165, 1.54) is 22.7 Å². The van der Waals surface area contributed by atoms with Crippen LogP contribution in [0.15, 0.2) is 95.9 Å². The number of hydrogen-bond donors (Lipinski definition) is 1. The van der Waals surface area contributed by atoms with Gasteiger partial charge in [0.05, 0.1) is 16.3 Å². The monoisotopic (exact) mass is 478 g/mol. The molecule has 0 bridgehead atoms. The molecule has 1 aliphatic rings. The number of para-hydroxylation sites is 1. The van der Waals surface area contributed by atoms with Gasteiger partial charge < -0.3 is 0 Å². The minimum atomic E-state index is -3.83. The predicted molar refractivity (Wildman–Crippen MR) is 130 cm³/mol. The van der Waals surface area contributed by atoms with Crippen molar-refractivity contribution in [3.05, 3.63) is 102 Å². The minimum Gasteiger partial charge on any atom is -0.292 e. The van der Waals surface area contributed by atoms with Crippen LogP contribution in [0.1, 0.15) is 10.9 Å². The van der Waals surface area contributed by atoms with Crippen molar-refractivity contribution < 1.29 is 17.6 Å². The Morgan fingerprint density at radius 1 is 0.879 bits per heavy atom. The Labute approximate surface area is 195 Å². The van der Waals surface area contributed by atoms with Gasteiger partial charge in [0.15, 0.2) is 0 Å². The number of nitrogens with zero attached hydrogens (tertiary/aromatic N) is 1. The highest BCUT2D eigenvalue weighted by molar-refractivity contribution is 8.00. The summed E-state index contributed by atoms with van der Waals surface area (Å²) < 4.78 is 43.1. The summed E-state index contributed by atoms with van der Waals surface area (Å²) in [6.07, 6.45) is 0. The molecular formula is C25H19FN2O3S2. The molecule has 1 saturated heterocycles. The third kappa shape index (κ3) is 4.19. The summed E-state index contributed by atoms with van der Waals surface area (Å²) in [4.78, 5) is 14.1. The van der Waals surface area contributed by atoms with Crippen molar-refractivity contribution >= 4 is 49.8 Å². The van der Waals surface area contributed by atoms with E-state index in [0.717, 1.165) is 10.8 Å². The Morgan fingerprint density at radius 2 is 1.64 bits per heavy atom. The van der Waals surface area contributed by atoms with E-state index in [-0.39, 0.29) is 22.2 Å². The summed E-state index contributed by atoms with van der Waals surface area (Å²) >= 11 is 1.37. The summed E-state index contributed by atoms with van der Waals surface area (Å²) in [7, 11) is -3.83. The van der Waals surface area contributed by atoms with Gasteiger partial charge in [0.25, 0.3) is 10.0 Å². The number of anilines is 2. The number of halogens is 1. The van der Waals surface area contributed by atoms with E-state index in [1.54, 1.807) is 60.7 Å². The van der Waals surface area contributed by atoms with Gasteiger partial charge in [-0.25, -0.2) is 12.8 Å². The topological polar surface area (TPSA) is 66.5 Å². The number of nitrogens with one attached hydrogen (secondary N) is 1. The van der Waals surface area contributed by atoms with Crippen LogP contribution < -0.4 is 9.62 Å². The molecule has 1 heterocycles. The quantitative estimate of drug-likeness (QED) is 0.408. The zero-order valence-electron chi connectivity index (χ0n) is 17.3. The fourth-order valence-electron chi connectivity index (χ4n) is 3.88. The number of hydrogen-bond acceptors (Lipinski definition) is 4. The Morgan fingerprint density at radius 3 is 2.45 bits per heavy atom. The first-order chi connectivity index (χ1) is 15.9. The zero-order chi connectivity index (χ0) is 23.0. The highest BCUT2D eigenvalue weighted by Crippen LogP contribution is 2.43. The van der Waals surface area contributed by atoms with Gasteiger partial charge in [-0.2, -0.15) is 0 Å². The molecule has 0 unspecified atom stereocenters. The van der Waals surface area contributed by atoms with Crippen molar-refractivity contribution in [1.82, 2.24) is 0 Å². The van der Waals surface area contributed by atoms with Crippen LogP contribution in [-0.4, -0.2) is 20.1 Å². The van der Waals surface area contributed by atoms with Gasteiger partial charge in [-0.1, -0.05) is 54.6 Å². The number of fused-ring (bicyclic) bond motifs is 1. The van der Waals surface area contributed by atoms with Crippen LogP contribution >= 0.6 is 11.8 Å². The predicted octanol–water partition coefficient (Wildman–Crippen LogP) is 5.56. The first kappa shape index (κ1) is 21.5. The van der Waals surface area contributed by atoms with E-state index < -0.39 is 21.2 Å². The van der Waals surface area contributed by atoms with E-state index in [9.17, 15) is 17.6 Å². The van der Waals surface area contributed by atoms with Gasteiger partial charge >= 0.3 is 0 Å². The molecule has 33 heavy (non-hydrogen) atoms. The Balaban J connectivity index is 1.45. The third-order valence-electron chi connectivity index (χ3n) is 5.44. The lowest BCUT2D eigenvalue weighted by molar-refractivity contribution is -0.115. The zero-order valence-corrected chi connectivity index (χ0v) is 18.9. The number of carbonyl (C=O) groups excluding carboxylic acids is 1. The SMILES string of the molecule is O=C1CS[C@@H](c2cccc(NS(=O)(=O)c3ccc4ccccc4c3)c2)N1c1ccccc1F. The molecule has 5 nitrogen and oxygen atoms in total. The molecule has 1 fully saturated rings. The second-order valence-electron chi connectivity index (χ2n) is 7.62. The molecule has 1 N–H and O–H groups in total. The second-order valence-corrected chi connectivity index (χ2v) is 10.4. The molecule has 1 atom stereocenters. The average molecular weight is 479 g/mol.